The molecule has 1 radical (unpaired) electrons. The molecule has 0 saturated heterocycles. The smallest absolute Gasteiger partial charge is 0.132 e. The third-order valence-electron chi connectivity index (χ3n) is 1.11. The summed E-state index contributed by atoms with van der Waals surface area (Å²) in [5.41, 5.74) is 0.999. The van der Waals surface area contributed by atoms with E-state index in [1.165, 1.54) is 0 Å². The third kappa shape index (κ3) is 1.42. The minimum Gasteiger partial charge on any atom is -0.244 e. The predicted molar refractivity (Wildman–Crippen MR) is 38.3 cm³/mol. The average molecular weight is 141 g/mol. The third-order valence-corrected chi connectivity index (χ3v) is 1.45. The van der Waals surface area contributed by atoms with Crippen LogP contribution in [-0.4, -0.2) is 4.98 Å². The van der Waals surface area contributed by atoms with E-state index in [4.69, 9.17) is 11.6 Å². The quantitative estimate of drug-likeness (QED) is 0.545. The molecule has 0 fully saturated rings. The van der Waals surface area contributed by atoms with Gasteiger partial charge in [-0.15, -0.1) is 0 Å². The minimum atomic E-state index is 0.563. The Hall–Kier alpha value is -0.560. The Morgan fingerprint density at radius 1 is 1.67 bits per heavy atom. The molecule has 1 nitrogen and oxygen atoms in total. The van der Waals surface area contributed by atoms with Gasteiger partial charge in [0.2, 0.25) is 0 Å². The lowest BCUT2D eigenvalue weighted by molar-refractivity contribution is 1.19. The first-order valence-electron chi connectivity index (χ1n) is 2.73. The molecule has 0 aliphatic rings. The molecule has 1 aromatic rings. The minimum absolute atomic E-state index is 0.563. The fourth-order valence-electron chi connectivity index (χ4n) is 0.606. The number of halogens is 1. The molecule has 0 atom stereocenters. The maximum Gasteiger partial charge on any atom is 0.132 e. The SMILES string of the molecule is [CH2]Cc1cccnc1Cl. The number of aromatic nitrogens is 1. The van der Waals surface area contributed by atoms with Crippen LogP contribution in [0.3, 0.4) is 0 Å². The van der Waals surface area contributed by atoms with Gasteiger partial charge in [0.1, 0.15) is 5.15 Å². The number of pyridine rings is 1. The molecule has 2 heteroatoms. The van der Waals surface area contributed by atoms with Crippen LogP contribution in [-0.2, 0) is 6.42 Å². The first-order valence-corrected chi connectivity index (χ1v) is 3.11. The molecule has 0 bridgehead atoms. The Morgan fingerprint density at radius 3 is 2.89 bits per heavy atom. The van der Waals surface area contributed by atoms with Crippen molar-refractivity contribution in [1.29, 1.82) is 0 Å². The van der Waals surface area contributed by atoms with E-state index in [0.29, 0.717) is 11.6 Å². The molecule has 9 heavy (non-hydrogen) atoms. The molecule has 0 saturated carbocycles. The Labute approximate surface area is 59.7 Å². The number of rotatable bonds is 1. The van der Waals surface area contributed by atoms with Gasteiger partial charge in [0.15, 0.2) is 0 Å². The normalized spacial score (nSPS) is 9.56. The van der Waals surface area contributed by atoms with Gasteiger partial charge >= 0.3 is 0 Å². The van der Waals surface area contributed by atoms with Gasteiger partial charge in [-0.25, -0.2) is 4.98 Å². The molecular formula is C7H7ClN. The van der Waals surface area contributed by atoms with Crippen LogP contribution in [0.25, 0.3) is 0 Å². The Morgan fingerprint density at radius 2 is 2.44 bits per heavy atom. The maximum atomic E-state index is 5.67. The number of hydrogen-bond acceptors (Lipinski definition) is 1. The summed E-state index contributed by atoms with van der Waals surface area (Å²) in [7, 11) is 0. The number of nitrogens with zero attached hydrogens (tertiary/aromatic N) is 1. The molecule has 0 aliphatic carbocycles. The van der Waals surface area contributed by atoms with Crippen molar-refractivity contribution in [2.75, 3.05) is 0 Å². The molecular weight excluding hydrogens is 134 g/mol. The summed E-state index contributed by atoms with van der Waals surface area (Å²) in [6.45, 7) is 3.69. The second-order valence-electron chi connectivity index (χ2n) is 1.70. The molecule has 0 spiro atoms. The van der Waals surface area contributed by atoms with Crippen LogP contribution < -0.4 is 0 Å². The second-order valence-corrected chi connectivity index (χ2v) is 2.06. The summed E-state index contributed by atoms with van der Waals surface area (Å²) in [5.74, 6) is 0. The van der Waals surface area contributed by atoms with Crippen molar-refractivity contribution in [3.8, 4) is 0 Å². The zero-order valence-corrected chi connectivity index (χ0v) is 5.73. The molecule has 0 amide bonds. The van der Waals surface area contributed by atoms with Gasteiger partial charge in [-0.3, -0.25) is 0 Å². The first-order chi connectivity index (χ1) is 4.34. The van der Waals surface area contributed by atoms with Crippen LogP contribution in [0, 0.1) is 6.92 Å². The Bertz CT molecular complexity index is 198. The Balaban J connectivity index is 3.01. The van der Waals surface area contributed by atoms with E-state index in [1.807, 2.05) is 12.1 Å². The Kier molecular flexibility index (Phi) is 2.06. The standard InChI is InChI=1S/C7H7ClN/c1-2-6-4-3-5-9-7(6)8/h3-5H,1-2H2. The fraction of sp³-hybridized carbons (Fsp3) is 0.143. The zero-order chi connectivity index (χ0) is 6.69. The molecule has 0 aliphatic heterocycles. The van der Waals surface area contributed by atoms with E-state index < -0.39 is 0 Å². The summed E-state index contributed by atoms with van der Waals surface area (Å²) in [6, 6.07) is 3.77. The van der Waals surface area contributed by atoms with Gasteiger partial charge in [-0.05, 0) is 25.0 Å². The second kappa shape index (κ2) is 2.83. The zero-order valence-electron chi connectivity index (χ0n) is 4.97. The van der Waals surface area contributed by atoms with Crippen molar-refractivity contribution in [2.24, 2.45) is 0 Å². The van der Waals surface area contributed by atoms with Crippen molar-refractivity contribution in [2.45, 2.75) is 6.42 Å². The predicted octanol–water partition coefficient (Wildman–Crippen LogP) is 2.11. The van der Waals surface area contributed by atoms with Gasteiger partial charge in [0.05, 0.1) is 0 Å². The van der Waals surface area contributed by atoms with Crippen LogP contribution in [0.1, 0.15) is 5.56 Å². The molecule has 1 heterocycles. The maximum absolute atomic E-state index is 5.67. The van der Waals surface area contributed by atoms with Gasteiger partial charge in [-0.2, -0.15) is 0 Å². The van der Waals surface area contributed by atoms with E-state index in [9.17, 15) is 0 Å². The molecule has 1 rings (SSSR count). The van der Waals surface area contributed by atoms with Gasteiger partial charge in [0, 0.05) is 6.20 Å². The van der Waals surface area contributed by atoms with Crippen molar-refractivity contribution in [1.82, 2.24) is 4.98 Å². The monoisotopic (exact) mass is 140 g/mol. The van der Waals surface area contributed by atoms with Gasteiger partial charge < -0.3 is 0 Å². The van der Waals surface area contributed by atoms with E-state index in [2.05, 4.69) is 11.9 Å². The molecule has 0 aromatic carbocycles. The highest BCUT2D eigenvalue weighted by Gasteiger charge is 1.93. The molecule has 1 aromatic heterocycles. The molecule has 0 N–H and O–H groups in total. The summed E-state index contributed by atoms with van der Waals surface area (Å²) < 4.78 is 0. The largest absolute Gasteiger partial charge is 0.244 e. The van der Waals surface area contributed by atoms with Gasteiger partial charge in [0.25, 0.3) is 0 Å². The van der Waals surface area contributed by atoms with Crippen LogP contribution in [0.4, 0.5) is 0 Å². The highest BCUT2D eigenvalue weighted by molar-refractivity contribution is 6.30. The molecule has 47 valence electrons. The van der Waals surface area contributed by atoms with Crippen LogP contribution in [0.15, 0.2) is 18.3 Å². The summed E-state index contributed by atoms with van der Waals surface area (Å²) >= 11 is 5.67. The first kappa shape index (κ1) is 6.56. The fourth-order valence-corrected chi connectivity index (χ4v) is 0.820. The summed E-state index contributed by atoms with van der Waals surface area (Å²) in [5, 5.41) is 0.563. The lowest BCUT2D eigenvalue weighted by atomic mass is 10.2. The summed E-state index contributed by atoms with van der Waals surface area (Å²) in [4.78, 5) is 3.88. The van der Waals surface area contributed by atoms with E-state index in [-0.39, 0.29) is 0 Å². The highest BCUT2D eigenvalue weighted by atomic mass is 35.5. The summed E-state index contributed by atoms with van der Waals surface area (Å²) in [6.07, 6.45) is 2.37. The van der Waals surface area contributed by atoms with E-state index in [1.54, 1.807) is 6.20 Å². The average Bonchev–Trinajstić information content (AvgIpc) is 1.89. The van der Waals surface area contributed by atoms with Crippen molar-refractivity contribution in [3.05, 3.63) is 36.0 Å². The van der Waals surface area contributed by atoms with Crippen LogP contribution >= 0.6 is 11.6 Å². The topological polar surface area (TPSA) is 12.9 Å². The van der Waals surface area contributed by atoms with E-state index >= 15 is 0 Å². The van der Waals surface area contributed by atoms with Crippen LogP contribution in [0.5, 0.6) is 0 Å². The van der Waals surface area contributed by atoms with Crippen LogP contribution in [0.2, 0.25) is 5.15 Å². The van der Waals surface area contributed by atoms with E-state index in [0.717, 1.165) is 5.56 Å². The number of hydrogen-bond donors (Lipinski definition) is 0. The van der Waals surface area contributed by atoms with Crippen molar-refractivity contribution < 1.29 is 0 Å². The highest BCUT2D eigenvalue weighted by Crippen LogP contribution is 2.10. The van der Waals surface area contributed by atoms with Crippen molar-refractivity contribution >= 4 is 11.6 Å². The van der Waals surface area contributed by atoms with Crippen molar-refractivity contribution in [3.63, 3.8) is 0 Å². The molecule has 0 unspecified atom stereocenters. The van der Waals surface area contributed by atoms with Gasteiger partial charge in [-0.1, -0.05) is 17.7 Å². The lowest BCUT2D eigenvalue weighted by Gasteiger charge is -1.95. The lowest BCUT2D eigenvalue weighted by Crippen LogP contribution is -1.83.